The second-order valence-electron chi connectivity index (χ2n) is 10.4. The van der Waals surface area contributed by atoms with Crippen molar-refractivity contribution in [3.63, 3.8) is 0 Å². The van der Waals surface area contributed by atoms with Gasteiger partial charge in [0.1, 0.15) is 5.82 Å². The topological polar surface area (TPSA) is 105 Å². The maximum absolute atomic E-state index is 14.1. The molecule has 45 heavy (non-hydrogen) atoms. The predicted molar refractivity (Wildman–Crippen MR) is 170 cm³/mol. The largest absolute Gasteiger partial charge is 0.493 e. The van der Waals surface area contributed by atoms with Gasteiger partial charge < -0.3 is 24.8 Å². The van der Waals surface area contributed by atoms with Crippen molar-refractivity contribution in [2.45, 2.75) is 32.7 Å². The van der Waals surface area contributed by atoms with Crippen LogP contribution in [0, 0.1) is 5.82 Å². The van der Waals surface area contributed by atoms with Crippen LogP contribution in [0.1, 0.15) is 58.2 Å². The van der Waals surface area contributed by atoms with Crippen molar-refractivity contribution in [2.75, 3.05) is 26.8 Å². The normalized spacial score (nSPS) is 11.4. The Morgan fingerprint density at radius 1 is 0.867 bits per heavy atom. The van der Waals surface area contributed by atoms with Crippen molar-refractivity contribution >= 4 is 17.8 Å². The molecule has 2 amide bonds. The van der Waals surface area contributed by atoms with Gasteiger partial charge in [-0.1, -0.05) is 54.6 Å². The Morgan fingerprint density at radius 3 is 2.16 bits per heavy atom. The van der Waals surface area contributed by atoms with Crippen LogP contribution in [-0.4, -0.2) is 54.6 Å². The van der Waals surface area contributed by atoms with Gasteiger partial charge in [-0.05, 0) is 78.9 Å². The summed E-state index contributed by atoms with van der Waals surface area (Å²) in [5, 5.41) is 12.4. The van der Waals surface area contributed by atoms with Crippen molar-refractivity contribution in [2.24, 2.45) is 0 Å². The lowest BCUT2D eigenvalue weighted by atomic mass is 9.94. The number of rotatable bonds is 14. The number of nitrogens with zero attached hydrogens (tertiary/aromatic N) is 1. The van der Waals surface area contributed by atoms with E-state index >= 15 is 0 Å². The maximum Gasteiger partial charge on any atom is 0.305 e. The van der Waals surface area contributed by atoms with E-state index in [0.29, 0.717) is 46.8 Å². The van der Waals surface area contributed by atoms with Crippen molar-refractivity contribution in [1.82, 2.24) is 10.2 Å². The lowest BCUT2D eigenvalue weighted by Gasteiger charge is -2.24. The maximum atomic E-state index is 14.1. The molecule has 1 atom stereocenters. The first-order valence-electron chi connectivity index (χ1n) is 14.8. The summed E-state index contributed by atoms with van der Waals surface area (Å²) in [6, 6.07) is 25.1. The Morgan fingerprint density at radius 2 is 1.51 bits per heavy atom. The minimum atomic E-state index is -1.01. The van der Waals surface area contributed by atoms with Crippen molar-refractivity contribution in [3.8, 4) is 22.6 Å². The molecule has 0 heterocycles. The molecule has 0 saturated heterocycles. The van der Waals surface area contributed by atoms with Crippen LogP contribution in [0.4, 0.5) is 4.39 Å². The number of amides is 2. The second-order valence-corrected chi connectivity index (χ2v) is 10.4. The van der Waals surface area contributed by atoms with E-state index in [0.717, 1.165) is 11.1 Å². The van der Waals surface area contributed by atoms with Gasteiger partial charge in [-0.25, -0.2) is 4.39 Å². The van der Waals surface area contributed by atoms with Gasteiger partial charge in [0.15, 0.2) is 11.5 Å². The van der Waals surface area contributed by atoms with E-state index in [1.54, 1.807) is 73.8 Å². The van der Waals surface area contributed by atoms with E-state index in [9.17, 15) is 23.9 Å². The lowest BCUT2D eigenvalue weighted by Crippen LogP contribution is -2.35. The molecular formula is C36H37FN2O6. The van der Waals surface area contributed by atoms with Crippen LogP contribution in [0.3, 0.4) is 0 Å². The lowest BCUT2D eigenvalue weighted by molar-refractivity contribution is -0.137. The summed E-state index contributed by atoms with van der Waals surface area (Å²) in [6.45, 7) is 4.42. The number of halogens is 1. The molecule has 4 aromatic rings. The number of carbonyl (C=O) groups is 3. The third kappa shape index (κ3) is 8.47. The summed E-state index contributed by atoms with van der Waals surface area (Å²) >= 11 is 0. The van der Waals surface area contributed by atoms with Crippen LogP contribution in [-0.2, 0) is 11.2 Å². The fourth-order valence-electron chi connectivity index (χ4n) is 5.05. The number of hydrogen-bond donors (Lipinski definition) is 2. The molecule has 0 aromatic heterocycles. The van der Waals surface area contributed by atoms with E-state index in [-0.39, 0.29) is 37.1 Å². The molecule has 234 valence electrons. The first-order valence-corrected chi connectivity index (χ1v) is 14.8. The van der Waals surface area contributed by atoms with Crippen LogP contribution in [0.5, 0.6) is 11.5 Å². The molecule has 8 nitrogen and oxygen atoms in total. The van der Waals surface area contributed by atoms with E-state index in [4.69, 9.17) is 9.47 Å². The molecule has 1 unspecified atom stereocenters. The fraction of sp³-hybridized carbons (Fsp3) is 0.250. The summed E-state index contributed by atoms with van der Waals surface area (Å²) in [7, 11) is 1.56. The number of benzene rings is 4. The van der Waals surface area contributed by atoms with Gasteiger partial charge in [0.2, 0.25) is 0 Å². The summed E-state index contributed by atoms with van der Waals surface area (Å²) in [4.78, 5) is 40.6. The Labute approximate surface area is 262 Å². The number of carboxylic acids is 1. The molecule has 9 heteroatoms. The van der Waals surface area contributed by atoms with E-state index in [1.165, 1.54) is 17.0 Å². The van der Waals surface area contributed by atoms with E-state index in [1.807, 2.05) is 26.0 Å². The number of carboxylic acid groups (broad SMARTS) is 1. The zero-order chi connectivity index (χ0) is 32.3. The zero-order valence-corrected chi connectivity index (χ0v) is 25.6. The average molecular weight is 613 g/mol. The summed E-state index contributed by atoms with van der Waals surface area (Å²) < 4.78 is 24.5. The fourth-order valence-corrected chi connectivity index (χ4v) is 5.05. The molecule has 2 N–H and O–H groups in total. The van der Waals surface area contributed by atoms with Gasteiger partial charge >= 0.3 is 5.97 Å². The smallest absolute Gasteiger partial charge is 0.305 e. The van der Waals surface area contributed by atoms with Crippen LogP contribution in [0.15, 0.2) is 91.0 Å². The number of methoxy groups -OCH3 is 1. The predicted octanol–water partition coefficient (Wildman–Crippen LogP) is 6.55. The van der Waals surface area contributed by atoms with Crippen molar-refractivity contribution < 1.29 is 33.4 Å². The Bertz CT molecular complexity index is 1640. The highest BCUT2D eigenvalue weighted by atomic mass is 19.1. The highest BCUT2D eigenvalue weighted by Crippen LogP contribution is 2.30. The zero-order valence-electron chi connectivity index (χ0n) is 25.6. The average Bonchev–Trinajstić information content (AvgIpc) is 3.05. The van der Waals surface area contributed by atoms with Crippen LogP contribution >= 0.6 is 0 Å². The first-order chi connectivity index (χ1) is 21.7. The Kier molecular flexibility index (Phi) is 11.3. The number of carbonyl (C=O) groups excluding carboxylic acids is 2. The Hall–Kier alpha value is -5.18. The molecule has 0 bridgehead atoms. The molecule has 0 radical (unpaired) electrons. The number of aliphatic carboxylic acids is 1. The van der Waals surface area contributed by atoms with Crippen LogP contribution < -0.4 is 14.8 Å². The van der Waals surface area contributed by atoms with Gasteiger partial charge in [-0.3, -0.25) is 14.4 Å². The van der Waals surface area contributed by atoms with Gasteiger partial charge in [-0.15, -0.1) is 0 Å². The third-order valence-electron chi connectivity index (χ3n) is 7.42. The quantitative estimate of drug-likeness (QED) is 0.167. The SMILES string of the molecule is CCOc1cc(CCN(CCC(=O)O)C(=O)c2ccccc2-c2ccccc2C(=O)NC(C)c2ccc(F)cc2)ccc1OC. The molecule has 0 spiro atoms. The van der Waals surface area contributed by atoms with Gasteiger partial charge in [0.25, 0.3) is 11.8 Å². The minimum absolute atomic E-state index is 0.00822. The van der Waals surface area contributed by atoms with Gasteiger partial charge in [0.05, 0.1) is 26.2 Å². The molecule has 0 fully saturated rings. The number of ether oxygens (including phenoxy) is 2. The Balaban J connectivity index is 1.61. The summed E-state index contributed by atoms with van der Waals surface area (Å²) in [5.41, 5.74) is 3.46. The minimum Gasteiger partial charge on any atom is -0.493 e. The van der Waals surface area contributed by atoms with Gasteiger partial charge in [-0.2, -0.15) is 0 Å². The van der Waals surface area contributed by atoms with Crippen LogP contribution in [0.2, 0.25) is 0 Å². The monoisotopic (exact) mass is 612 g/mol. The highest BCUT2D eigenvalue weighted by Gasteiger charge is 2.23. The third-order valence-corrected chi connectivity index (χ3v) is 7.42. The van der Waals surface area contributed by atoms with E-state index in [2.05, 4.69) is 5.32 Å². The summed E-state index contributed by atoms with van der Waals surface area (Å²) in [5.74, 6) is -0.877. The molecule has 0 aliphatic rings. The van der Waals surface area contributed by atoms with Crippen molar-refractivity contribution in [1.29, 1.82) is 0 Å². The highest BCUT2D eigenvalue weighted by molar-refractivity contribution is 6.06. The molecular weight excluding hydrogens is 575 g/mol. The standard InChI is InChI=1S/C36H37FN2O6/c1-4-45-33-23-25(13-18-32(33)44-3)19-21-39(22-20-34(40)41)36(43)31-12-8-6-10-29(31)28-9-5-7-11-30(28)35(42)38-24(2)26-14-16-27(37)17-15-26/h5-18,23-24H,4,19-22H2,1-3H3,(H,38,42)(H,40,41). The summed E-state index contributed by atoms with van der Waals surface area (Å²) in [6.07, 6.45) is 0.235. The molecule has 4 aromatic carbocycles. The van der Waals surface area contributed by atoms with Crippen LogP contribution in [0.25, 0.3) is 11.1 Å². The first kappa shape index (κ1) is 32.7. The number of nitrogens with one attached hydrogen (secondary N) is 1. The molecule has 0 saturated carbocycles. The van der Waals surface area contributed by atoms with Crippen molar-refractivity contribution in [3.05, 3.63) is 119 Å². The molecule has 0 aliphatic heterocycles. The molecule has 4 rings (SSSR count). The van der Waals surface area contributed by atoms with Gasteiger partial charge in [0, 0.05) is 24.2 Å². The van der Waals surface area contributed by atoms with E-state index < -0.39 is 12.0 Å². The molecule has 0 aliphatic carbocycles. The second kappa shape index (κ2) is 15.5. The number of hydrogen-bond acceptors (Lipinski definition) is 5.